The van der Waals surface area contributed by atoms with Crippen molar-refractivity contribution in [2.24, 2.45) is 5.92 Å². The van der Waals surface area contributed by atoms with Crippen LogP contribution in [-0.2, 0) is 0 Å². The third-order valence-corrected chi connectivity index (χ3v) is 7.16. The molecule has 1 unspecified atom stereocenters. The number of ether oxygens (including phenoxy) is 1. The summed E-state index contributed by atoms with van der Waals surface area (Å²) in [4.78, 5) is 15.6. The molecular formula is C23H25N3OS2. The average Bonchev–Trinajstić information content (AvgIpc) is 3.34. The molecule has 0 N–H and O–H groups in total. The molecule has 0 aliphatic heterocycles. The zero-order valence-electron chi connectivity index (χ0n) is 16.8. The van der Waals surface area contributed by atoms with E-state index < -0.39 is 0 Å². The Bertz CT molecular complexity index is 1010. The van der Waals surface area contributed by atoms with E-state index in [1.807, 2.05) is 24.3 Å². The van der Waals surface area contributed by atoms with Gasteiger partial charge in [-0.3, -0.25) is 4.98 Å². The first kappa shape index (κ1) is 20.0. The SMILES string of the molecule is CCCCC(CC)COc1ccc(-c2nc3sc(-c4ccncc4)nc3s2)cc1. The number of fused-ring (bicyclic) bond motifs is 1. The van der Waals surface area contributed by atoms with Crippen LogP contribution in [-0.4, -0.2) is 21.6 Å². The molecule has 1 atom stereocenters. The molecule has 0 saturated carbocycles. The highest BCUT2D eigenvalue weighted by molar-refractivity contribution is 7.29. The molecule has 150 valence electrons. The van der Waals surface area contributed by atoms with E-state index in [0.29, 0.717) is 5.92 Å². The number of benzene rings is 1. The van der Waals surface area contributed by atoms with Crippen molar-refractivity contribution < 1.29 is 4.74 Å². The maximum Gasteiger partial charge on any atom is 0.155 e. The first-order valence-corrected chi connectivity index (χ1v) is 11.8. The number of unbranched alkanes of at least 4 members (excludes halogenated alkanes) is 1. The lowest BCUT2D eigenvalue weighted by Gasteiger charge is -2.15. The van der Waals surface area contributed by atoms with Crippen molar-refractivity contribution in [3.8, 4) is 26.9 Å². The summed E-state index contributed by atoms with van der Waals surface area (Å²) < 4.78 is 6.02. The maximum absolute atomic E-state index is 6.02. The molecule has 4 aromatic rings. The van der Waals surface area contributed by atoms with Gasteiger partial charge in [0, 0.05) is 23.5 Å². The molecule has 0 aliphatic carbocycles. The Balaban J connectivity index is 1.43. The van der Waals surface area contributed by atoms with Crippen molar-refractivity contribution in [3.63, 3.8) is 0 Å². The predicted molar refractivity (Wildman–Crippen MR) is 123 cm³/mol. The summed E-state index contributed by atoms with van der Waals surface area (Å²) in [6, 6.07) is 12.2. The van der Waals surface area contributed by atoms with Crippen LogP contribution in [0.2, 0.25) is 0 Å². The first-order chi connectivity index (χ1) is 14.3. The van der Waals surface area contributed by atoms with E-state index in [1.54, 1.807) is 35.1 Å². The Morgan fingerprint density at radius 3 is 2.07 bits per heavy atom. The van der Waals surface area contributed by atoms with Gasteiger partial charge in [0.25, 0.3) is 0 Å². The van der Waals surface area contributed by atoms with Gasteiger partial charge in [0.1, 0.15) is 15.8 Å². The lowest BCUT2D eigenvalue weighted by Crippen LogP contribution is -2.11. The van der Waals surface area contributed by atoms with Gasteiger partial charge < -0.3 is 4.74 Å². The zero-order valence-corrected chi connectivity index (χ0v) is 18.4. The Kier molecular flexibility index (Phi) is 6.52. The molecule has 0 saturated heterocycles. The van der Waals surface area contributed by atoms with Crippen molar-refractivity contribution >= 4 is 32.3 Å². The van der Waals surface area contributed by atoms with Crippen molar-refractivity contribution in [2.75, 3.05) is 6.61 Å². The lowest BCUT2D eigenvalue weighted by molar-refractivity contribution is 0.233. The number of hydrogen-bond acceptors (Lipinski definition) is 6. The van der Waals surface area contributed by atoms with E-state index in [0.717, 1.165) is 43.2 Å². The Morgan fingerprint density at radius 2 is 1.48 bits per heavy atom. The number of thiazole rings is 2. The highest BCUT2D eigenvalue weighted by Crippen LogP contribution is 2.36. The first-order valence-electron chi connectivity index (χ1n) is 10.2. The van der Waals surface area contributed by atoms with Crippen molar-refractivity contribution in [1.29, 1.82) is 0 Å². The summed E-state index contributed by atoms with van der Waals surface area (Å²) in [6.45, 7) is 5.28. The maximum atomic E-state index is 6.02. The summed E-state index contributed by atoms with van der Waals surface area (Å²) in [5.41, 5.74) is 2.19. The van der Waals surface area contributed by atoms with Crippen molar-refractivity contribution in [3.05, 3.63) is 48.8 Å². The van der Waals surface area contributed by atoms with Crippen molar-refractivity contribution in [2.45, 2.75) is 39.5 Å². The molecule has 0 aliphatic rings. The smallest absolute Gasteiger partial charge is 0.155 e. The highest BCUT2D eigenvalue weighted by atomic mass is 32.1. The standard InChI is InChI=1S/C23H25N3OS2/c1-3-5-6-16(4-2)15-27-19-9-7-17(8-10-19)20-25-22-23(28-20)26-21(29-22)18-11-13-24-14-12-18/h7-14,16H,3-6,15H2,1-2H3. The third kappa shape index (κ3) is 4.82. The molecule has 1 aromatic carbocycles. The van der Waals surface area contributed by atoms with Gasteiger partial charge >= 0.3 is 0 Å². The van der Waals surface area contributed by atoms with Crippen LogP contribution in [0.1, 0.15) is 39.5 Å². The molecule has 0 radical (unpaired) electrons. The van der Waals surface area contributed by atoms with Gasteiger partial charge in [-0.1, -0.05) is 55.8 Å². The van der Waals surface area contributed by atoms with E-state index in [1.165, 1.54) is 25.7 Å². The normalized spacial score (nSPS) is 12.3. The quantitative estimate of drug-likeness (QED) is 0.289. The zero-order chi connectivity index (χ0) is 20.1. The van der Waals surface area contributed by atoms with E-state index in [-0.39, 0.29) is 0 Å². The summed E-state index contributed by atoms with van der Waals surface area (Å²) in [5, 5.41) is 1.99. The molecule has 0 spiro atoms. The van der Waals surface area contributed by atoms with Crippen LogP contribution in [0.15, 0.2) is 48.8 Å². The molecule has 3 heterocycles. The van der Waals surface area contributed by atoms with Crippen LogP contribution in [0.25, 0.3) is 30.8 Å². The van der Waals surface area contributed by atoms with Crippen LogP contribution in [0, 0.1) is 5.92 Å². The second kappa shape index (κ2) is 9.46. The Labute approximate surface area is 179 Å². The molecule has 29 heavy (non-hydrogen) atoms. The molecule has 3 aromatic heterocycles. The number of rotatable bonds is 9. The Morgan fingerprint density at radius 1 is 0.862 bits per heavy atom. The number of aromatic nitrogens is 3. The predicted octanol–water partition coefficient (Wildman–Crippen LogP) is 7.08. The minimum absolute atomic E-state index is 0.640. The van der Waals surface area contributed by atoms with Crippen LogP contribution in [0.5, 0.6) is 5.75 Å². The van der Waals surface area contributed by atoms with E-state index in [4.69, 9.17) is 14.7 Å². The Hall–Kier alpha value is -2.31. The van der Waals surface area contributed by atoms with Gasteiger partial charge in [-0.2, -0.15) is 0 Å². The molecule has 6 heteroatoms. The fourth-order valence-electron chi connectivity index (χ4n) is 3.19. The van der Waals surface area contributed by atoms with Crippen LogP contribution >= 0.6 is 22.7 Å². The van der Waals surface area contributed by atoms with Gasteiger partial charge in [-0.05, 0) is 48.7 Å². The molecule has 0 bridgehead atoms. The van der Waals surface area contributed by atoms with Gasteiger partial charge in [0.2, 0.25) is 0 Å². The molecule has 4 rings (SSSR count). The van der Waals surface area contributed by atoms with Crippen LogP contribution in [0.4, 0.5) is 0 Å². The van der Waals surface area contributed by atoms with Gasteiger partial charge in [0.15, 0.2) is 9.66 Å². The summed E-state index contributed by atoms with van der Waals surface area (Å²) in [6.07, 6.45) is 8.52. The number of nitrogens with zero attached hydrogens (tertiary/aromatic N) is 3. The summed E-state index contributed by atoms with van der Waals surface area (Å²) in [5.74, 6) is 1.57. The number of hydrogen-bond donors (Lipinski definition) is 0. The molecule has 4 nitrogen and oxygen atoms in total. The van der Waals surface area contributed by atoms with E-state index in [9.17, 15) is 0 Å². The highest BCUT2D eigenvalue weighted by Gasteiger charge is 2.13. The van der Waals surface area contributed by atoms with Crippen LogP contribution < -0.4 is 4.74 Å². The molecular weight excluding hydrogens is 398 g/mol. The second-order valence-electron chi connectivity index (χ2n) is 7.14. The largest absolute Gasteiger partial charge is 0.493 e. The minimum atomic E-state index is 0.640. The van der Waals surface area contributed by atoms with E-state index in [2.05, 4.69) is 31.0 Å². The third-order valence-electron chi connectivity index (χ3n) is 5.03. The second-order valence-corrected chi connectivity index (χ2v) is 9.09. The minimum Gasteiger partial charge on any atom is -0.493 e. The molecule has 0 amide bonds. The number of pyridine rings is 1. The average molecular weight is 424 g/mol. The van der Waals surface area contributed by atoms with Crippen molar-refractivity contribution in [1.82, 2.24) is 15.0 Å². The van der Waals surface area contributed by atoms with Gasteiger partial charge in [-0.15, -0.1) is 0 Å². The van der Waals surface area contributed by atoms with E-state index >= 15 is 0 Å². The summed E-state index contributed by atoms with van der Waals surface area (Å²) >= 11 is 3.26. The monoisotopic (exact) mass is 423 g/mol. The fraction of sp³-hybridized carbons (Fsp3) is 0.348. The molecule has 0 fully saturated rings. The van der Waals surface area contributed by atoms with Gasteiger partial charge in [0.05, 0.1) is 6.61 Å². The summed E-state index contributed by atoms with van der Waals surface area (Å²) in [7, 11) is 0. The fourth-order valence-corrected chi connectivity index (χ4v) is 5.24. The topological polar surface area (TPSA) is 47.9 Å². The van der Waals surface area contributed by atoms with Crippen LogP contribution in [0.3, 0.4) is 0 Å². The lowest BCUT2D eigenvalue weighted by atomic mass is 10.0. The van der Waals surface area contributed by atoms with Gasteiger partial charge in [-0.25, -0.2) is 9.97 Å².